The highest BCUT2D eigenvalue weighted by molar-refractivity contribution is 7.12. The van der Waals surface area contributed by atoms with E-state index in [4.69, 9.17) is 0 Å². The maximum atomic E-state index is 2.35. The van der Waals surface area contributed by atoms with Gasteiger partial charge in [-0.25, -0.2) is 0 Å². The van der Waals surface area contributed by atoms with Gasteiger partial charge in [0.2, 0.25) is 0 Å². The summed E-state index contributed by atoms with van der Waals surface area (Å²) in [5.41, 5.74) is 3.13. The van der Waals surface area contributed by atoms with E-state index in [9.17, 15) is 0 Å². The Morgan fingerprint density at radius 1 is 0.394 bits per heavy atom. The van der Waals surface area contributed by atoms with E-state index in [-0.39, 0.29) is 0 Å². The van der Waals surface area contributed by atoms with Gasteiger partial charge in [0.1, 0.15) is 0 Å². The molecule has 0 radical (unpaired) electrons. The van der Waals surface area contributed by atoms with Crippen LogP contribution in [0.15, 0.2) is 152 Å². The lowest BCUT2D eigenvalue weighted by Gasteiger charge is -2.41. The first kappa shape index (κ1) is 21.2. The molecule has 0 heterocycles. The van der Waals surface area contributed by atoms with Crippen molar-refractivity contribution in [3.8, 4) is 0 Å². The van der Waals surface area contributed by atoms with E-state index in [0.717, 1.165) is 6.42 Å². The minimum absolute atomic E-state index is 0.341. The van der Waals surface area contributed by atoms with Crippen molar-refractivity contribution in [1.29, 1.82) is 0 Å². The summed E-state index contributed by atoms with van der Waals surface area (Å²) in [7, 11) is -2.48. The van der Waals surface area contributed by atoms with Crippen LogP contribution >= 0.6 is 0 Å². The van der Waals surface area contributed by atoms with Crippen molar-refractivity contribution >= 4 is 23.6 Å². The lowest BCUT2D eigenvalue weighted by atomic mass is 10.0. The normalized spacial score (nSPS) is 12.2. The van der Waals surface area contributed by atoms with Crippen LogP contribution in [-0.2, 0) is 6.42 Å². The van der Waals surface area contributed by atoms with E-state index < -0.39 is 8.07 Å². The Morgan fingerprint density at radius 2 is 0.727 bits per heavy atom. The summed E-state index contributed by atoms with van der Waals surface area (Å²) in [6.45, 7) is 0. The van der Waals surface area contributed by atoms with Crippen molar-refractivity contribution in [3.05, 3.63) is 163 Å². The fraction of sp³-hybridized carbons (Fsp3) is 0.0625. The second kappa shape index (κ2) is 9.85. The molecule has 160 valence electrons. The van der Waals surface area contributed by atoms with Crippen LogP contribution in [0.5, 0.6) is 0 Å². The SMILES string of the molecule is c1ccc(CC(c2ccccc2)[Si](c2ccccc2)(c2ccccc2)c2ccccc2)cc1. The van der Waals surface area contributed by atoms with Crippen molar-refractivity contribution in [1.82, 2.24) is 0 Å². The van der Waals surface area contributed by atoms with Gasteiger partial charge in [-0.2, -0.15) is 0 Å². The van der Waals surface area contributed by atoms with Crippen LogP contribution in [0.25, 0.3) is 0 Å². The monoisotopic (exact) mass is 440 g/mol. The molecule has 1 atom stereocenters. The van der Waals surface area contributed by atoms with Gasteiger partial charge in [-0.15, -0.1) is 0 Å². The highest BCUT2D eigenvalue weighted by Crippen LogP contribution is 2.31. The van der Waals surface area contributed by atoms with Gasteiger partial charge in [-0.1, -0.05) is 152 Å². The molecule has 1 heteroatoms. The molecular formula is C32H28Si. The lowest BCUT2D eigenvalue weighted by Crippen LogP contribution is -2.71. The maximum Gasteiger partial charge on any atom is 0.155 e. The number of hydrogen-bond donors (Lipinski definition) is 0. The van der Waals surface area contributed by atoms with Gasteiger partial charge in [-0.3, -0.25) is 0 Å². The van der Waals surface area contributed by atoms with Gasteiger partial charge in [-0.05, 0) is 38.6 Å². The van der Waals surface area contributed by atoms with Crippen molar-refractivity contribution in [2.75, 3.05) is 0 Å². The average Bonchev–Trinajstić information content (AvgIpc) is 2.91. The molecule has 0 saturated heterocycles. The Bertz CT molecular complexity index is 1150. The molecule has 1 unspecified atom stereocenters. The van der Waals surface area contributed by atoms with E-state index in [1.54, 1.807) is 0 Å². The van der Waals surface area contributed by atoms with E-state index in [1.807, 2.05) is 0 Å². The third kappa shape index (κ3) is 4.20. The number of rotatable bonds is 7. The molecule has 0 nitrogen and oxygen atoms in total. The number of hydrogen-bond acceptors (Lipinski definition) is 0. The molecule has 0 saturated carbocycles. The summed E-state index contributed by atoms with van der Waals surface area (Å²) < 4.78 is 0. The first-order valence-corrected chi connectivity index (χ1v) is 13.7. The van der Waals surface area contributed by atoms with Gasteiger partial charge < -0.3 is 0 Å². The molecule has 0 aliphatic rings. The van der Waals surface area contributed by atoms with Gasteiger partial charge >= 0.3 is 0 Å². The molecule has 0 aromatic heterocycles. The topological polar surface area (TPSA) is 0 Å². The molecule has 0 N–H and O–H groups in total. The van der Waals surface area contributed by atoms with Gasteiger partial charge in [0.15, 0.2) is 8.07 Å². The lowest BCUT2D eigenvalue weighted by molar-refractivity contribution is 0.892. The average molecular weight is 441 g/mol. The zero-order valence-electron chi connectivity index (χ0n) is 18.7. The second-order valence-electron chi connectivity index (χ2n) is 8.56. The Hall–Kier alpha value is -3.68. The fourth-order valence-electron chi connectivity index (χ4n) is 5.26. The molecule has 0 fully saturated rings. The first-order valence-electron chi connectivity index (χ1n) is 11.6. The van der Waals surface area contributed by atoms with Crippen LogP contribution in [-0.4, -0.2) is 8.07 Å². The molecule has 0 amide bonds. The molecular weight excluding hydrogens is 412 g/mol. The Balaban J connectivity index is 1.86. The van der Waals surface area contributed by atoms with Crippen LogP contribution in [0.2, 0.25) is 0 Å². The van der Waals surface area contributed by atoms with Crippen LogP contribution in [0.1, 0.15) is 16.7 Å². The Labute approximate surface area is 198 Å². The maximum absolute atomic E-state index is 2.48. The second-order valence-corrected chi connectivity index (χ2v) is 12.6. The van der Waals surface area contributed by atoms with E-state index in [1.165, 1.54) is 26.7 Å². The minimum atomic E-state index is -2.48. The van der Waals surface area contributed by atoms with Gasteiger partial charge in [0.05, 0.1) is 0 Å². The van der Waals surface area contributed by atoms with Gasteiger partial charge in [0.25, 0.3) is 0 Å². The zero-order chi connectivity index (χ0) is 22.3. The van der Waals surface area contributed by atoms with Crippen LogP contribution < -0.4 is 15.6 Å². The molecule has 5 aromatic rings. The molecule has 0 aliphatic heterocycles. The Kier molecular flexibility index (Phi) is 6.32. The predicted octanol–water partition coefficient (Wildman–Crippen LogP) is 5.72. The van der Waals surface area contributed by atoms with Crippen LogP contribution in [0.4, 0.5) is 0 Å². The summed E-state index contributed by atoms with van der Waals surface area (Å²) in [5.74, 6) is 0. The summed E-state index contributed by atoms with van der Waals surface area (Å²) in [4.78, 5) is 0. The molecule has 33 heavy (non-hydrogen) atoms. The summed E-state index contributed by atoms with van der Waals surface area (Å²) in [6, 6.07) is 55.9. The van der Waals surface area contributed by atoms with Crippen LogP contribution in [0.3, 0.4) is 0 Å². The first-order chi connectivity index (χ1) is 16.4. The van der Waals surface area contributed by atoms with E-state index >= 15 is 0 Å². The summed E-state index contributed by atoms with van der Waals surface area (Å²) in [6.07, 6.45) is 0.996. The highest BCUT2D eigenvalue weighted by Gasteiger charge is 2.46. The smallest absolute Gasteiger partial charge is 0.0624 e. The third-order valence-electron chi connectivity index (χ3n) is 6.69. The van der Waals surface area contributed by atoms with Crippen molar-refractivity contribution in [2.45, 2.75) is 12.0 Å². The number of benzene rings is 5. The van der Waals surface area contributed by atoms with Crippen molar-refractivity contribution in [2.24, 2.45) is 0 Å². The summed E-state index contributed by atoms with van der Waals surface area (Å²) in [5, 5.41) is 4.35. The predicted molar refractivity (Wildman–Crippen MR) is 143 cm³/mol. The Morgan fingerprint density at radius 3 is 1.12 bits per heavy atom. The minimum Gasteiger partial charge on any atom is -0.0624 e. The van der Waals surface area contributed by atoms with Crippen molar-refractivity contribution in [3.63, 3.8) is 0 Å². The van der Waals surface area contributed by atoms with Gasteiger partial charge in [0, 0.05) is 0 Å². The largest absolute Gasteiger partial charge is 0.155 e. The molecule has 5 aromatic carbocycles. The van der Waals surface area contributed by atoms with E-state index in [0.29, 0.717) is 5.54 Å². The van der Waals surface area contributed by atoms with Crippen LogP contribution in [0, 0.1) is 0 Å². The molecule has 0 spiro atoms. The fourth-order valence-corrected chi connectivity index (χ4v) is 10.9. The zero-order valence-corrected chi connectivity index (χ0v) is 19.7. The van der Waals surface area contributed by atoms with E-state index in [2.05, 4.69) is 152 Å². The standard InChI is InChI=1S/C32H28Si/c1-6-16-27(17-7-1)26-32(28-18-8-2-9-19-28)33(29-20-10-3-11-21-29,30-22-12-4-13-23-30)31-24-14-5-15-25-31/h1-25,32H,26H2. The van der Waals surface area contributed by atoms with Crippen molar-refractivity contribution < 1.29 is 0 Å². The molecule has 0 aliphatic carbocycles. The third-order valence-corrected chi connectivity index (χ3v) is 12.0. The molecule has 0 bridgehead atoms. The molecule has 5 rings (SSSR count). The summed E-state index contributed by atoms with van der Waals surface area (Å²) >= 11 is 0. The highest BCUT2D eigenvalue weighted by atomic mass is 28.3. The quantitative estimate of drug-likeness (QED) is 0.224.